The SMILES string of the molecule is Cc1ccc(CCc2nc3cc(C)cnc3n2CCCO)cc1. The van der Waals surface area contributed by atoms with E-state index in [1.165, 1.54) is 11.1 Å². The molecule has 0 radical (unpaired) electrons. The maximum absolute atomic E-state index is 9.15. The van der Waals surface area contributed by atoms with Crippen LogP contribution in [-0.2, 0) is 19.4 Å². The third-order valence-corrected chi connectivity index (χ3v) is 4.10. The lowest BCUT2D eigenvalue weighted by Crippen LogP contribution is -2.07. The lowest BCUT2D eigenvalue weighted by molar-refractivity contribution is 0.279. The molecule has 0 aliphatic rings. The van der Waals surface area contributed by atoms with Crippen LogP contribution >= 0.6 is 0 Å². The van der Waals surface area contributed by atoms with Crippen molar-refractivity contribution in [2.24, 2.45) is 0 Å². The number of benzene rings is 1. The Morgan fingerprint density at radius 3 is 2.57 bits per heavy atom. The van der Waals surface area contributed by atoms with Crippen LogP contribution in [0.3, 0.4) is 0 Å². The second kappa shape index (κ2) is 6.92. The second-order valence-electron chi connectivity index (χ2n) is 6.10. The van der Waals surface area contributed by atoms with Crippen molar-refractivity contribution in [3.8, 4) is 0 Å². The zero-order valence-corrected chi connectivity index (χ0v) is 13.8. The molecule has 0 saturated heterocycles. The Balaban J connectivity index is 1.87. The smallest absolute Gasteiger partial charge is 0.160 e. The molecule has 0 unspecified atom stereocenters. The van der Waals surface area contributed by atoms with Gasteiger partial charge in [0.05, 0.1) is 0 Å². The lowest BCUT2D eigenvalue weighted by atomic mass is 10.1. The number of aliphatic hydroxyl groups excluding tert-OH is 1. The van der Waals surface area contributed by atoms with Crippen LogP contribution in [0, 0.1) is 13.8 Å². The summed E-state index contributed by atoms with van der Waals surface area (Å²) in [5.74, 6) is 1.05. The van der Waals surface area contributed by atoms with E-state index < -0.39 is 0 Å². The minimum absolute atomic E-state index is 0.183. The van der Waals surface area contributed by atoms with Crippen molar-refractivity contribution >= 4 is 11.2 Å². The third kappa shape index (κ3) is 3.59. The van der Waals surface area contributed by atoms with E-state index in [0.717, 1.165) is 48.4 Å². The van der Waals surface area contributed by atoms with Gasteiger partial charge in [0.15, 0.2) is 5.65 Å². The molecule has 0 aliphatic carbocycles. The summed E-state index contributed by atoms with van der Waals surface area (Å²) in [6.45, 7) is 5.08. The van der Waals surface area contributed by atoms with E-state index in [1.54, 1.807) is 0 Å². The first-order valence-electron chi connectivity index (χ1n) is 8.15. The molecule has 3 aromatic rings. The predicted molar refractivity (Wildman–Crippen MR) is 92.6 cm³/mol. The first-order valence-corrected chi connectivity index (χ1v) is 8.15. The van der Waals surface area contributed by atoms with Crippen molar-refractivity contribution < 1.29 is 5.11 Å². The van der Waals surface area contributed by atoms with Crippen LogP contribution in [0.5, 0.6) is 0 Å². The molecule has 1 aromatic carbocycles. The van der Waals surface area contributed by atoms with Gasteiger partial charge in [-0.25, -0.2) is 9.97 Å². The minimum atomic E-state index is 0.183. The summed E-state index contributed by atoms with van der Waals surface area (Å²) in [6, 6.07) is 10.7. The van der Waals surface area contributed by atoms with E-state index in [9.17, 15) is 0 Å². The van der Waals surface area contributed by atoms with Crippen molar-refractivity contribution in [3.63, 3.8) is 0 Å². The Hall–Kier alpha value is -2.20. The monoisotopic (exact) mass is 309 g/mol. The second-order valence-corrected chi connectivity index (χ2v) is 6.10. The average molecular weight is 309 g/mol. The van der Waals surface area contributed by atoms with Crippen LogP contribution < -0.4 is 0 Å². The fraction of sp³-hybridized carbons (Fsp3) is 0.368. The average Bonchev–Trinajstić information content (AvgIpc) is 2.89. The number of nitrogens with zero attached hydrogens (tertiary/aromatic N) is 3. The summed E-state index contributed by atoms with van der Waals surface area (Å²) in [7, 11) is 0. The van der Waals surface area contributed by atoms with Crippen LogP contribution in [-0.4, -0.2) is 26.2 Å². The molecule has 4 heteroatoms. The number of aliphatic hydroxyl groups is 1. The quantitative estimate of drug-likeness (QED) is 0.760. The highest BCUT2D eigenvalue weighted by molar-refractivity contribution is 5.72. The first-order chi connectivity index (χ1) is 11.2. The van der Waals surface area contributed by atoms with Crippen LogP contribution in [0.15, 0.2) is 36.5 Å². The molecular weight excluding hydrogens is 286 g/mol. The van der Waals surface area contributed by atoms with Gasteiger partial charge in [0.2, 0.25) is 0 Å². The molecule has 3 rings (SSSR count). The minimum Gasteiger partial charge on any atom is -0.396 e. The van der Waals surface area contributed by atoms with Crippen molar-refractivity contribution in [3.05, 3.63) is 59.0 Å². The van der Waals surface area contributed by atoms with Gasteiger partial charge >= 0.3 is 0 Å². The fourth-order valence-corrected chi connectivity index (χ4v) is 2.82. The number of fused-ring (bicyclic) bond motifs is 1. The standard InChI is InChI=1S/C19H23N3O/c1-14-4-6-16(7-5-14)8-9-18-21-17-12-15(2)13-20-19(17)22(18)10-3-11-23/h4-7,12-13,23H,3,8-11H2,1-2H3. The topological polar surface area (TPSA) is 50.9 Å². The summed E-state index contributed by atoms with van der Waals surface area (Å²) in [5.41, 5.74) is 5.59. The normalized spacial score (nSPS) is 11.3. The van der Waals surface area contributed by atoms with Gasteiger partial charge < -0.3 is 9.67 Å². The van der Waals surface area contributed by atoms with Gasteiger partial charge in [-0.3, -0.25) is 0 Å². The highest BCUT2D eigenvalue weighted by atomic mass is 16.3. The largest absolute Gasteiger partial charge is 0.396 e. The molecule has 0 spiro atoms. The number of aryl methyl sites for hydroxylation is 5. The van der Waals surface area contributed by atoms with Crippen molar-refractivity contribution in [2.45, 2.75) is 39.7 Å². The highest BCUT2D eigenvalue weighted by Crippen LogP contribution is 2.17. The summed E-state index contributed by atoms with van der Waals surface area (Å²) >= 11 is 0. The molecule has 0 atom stereocenters. The molecule has 0 bridgehead atoms. The van der Waals surface area contributed by atoms with Crippen LogP contribution in [0.1, 0.15) is 28.9 Å². The van der Waals surface area contributed by atoms with Crippen molar-refractivity contribution in [1.29, 1.82) is 0 Å². The number of rotatable bonds is 6. The number of hydrogen-bond donors (Lipinski definition) is 1. The Morgan fingerprint density at radius 2 is 1.83 bits per heavy atom. The molecule has 0 fully saturated rings. The third-order valence-electron chi connectivity index (χ3n) is 4.10. The van der Waals surface area contributed by atoms with E-state index in [4.69, 9.17) is 10.1 Å². The fourth-order valence-electron chi connectivity index (χ4n) is 2.82. The number of pyridine rings is 1. The van der Waals surface area contributed by atoms with Crippen molar-refractivity contribution in [2.75, 3.05) is 6.61 Å². The molecule has 2 aromatic heterocycles. The highest BCUT2D eigenvalue weighted by Gasteiger charge is 2.12. The molecule has 0 aliphatic heterocycles. The van der Waals surface area contributed by atoms with Gasteiger partial charge in [0, 0.05) is 25.8 Å². The first kappa shape index (κ1) is 15.7. The molecule has 2 heterocycles. The van der Waals surface area contributed by atoms with Gasteiger partial charge in [-0.05, 0) is 43.9 Å². The number of aromatic nitrogens is 3. The van der Waals surface area contributed by atoms with Gasteiger partial charge in [-0.1, -0.05) is 29.8 Å². The number of hydrogen-bond acceptors (Lipinski definition) is 3. The maximum Gasteiger partial charge on any atom is 0.160 e. The number of imidazole rings is 1. The molecule has 1 N–H and O–H groups in total. The molecule has 0 saturated carbocycles. The summed E-state index contributed by atoms with van der Waals surface area (Å²) < 4.78 is 2.15. The van der Waals surface area contributed by atoms with Gasteiger partial charge in [-0.2, -0.15) is 0 Å². The van der Waals surface area contributed by atoms with Gasteiger partial charge in [-0.15, -0.1) is 0 Å². The summed E-state index contributed by atoms with van der Waals surface area (Å²) in [4.78, 5) is 9.32. The zero-order chi connectivity index (χ0) is 16.2. The van der Waals surface area contributed by atoms with E-state index >= 15 is 0 Å². The Bertz CT molecular complexity index is 790. The predicted octanol–water partition coefficient (Wildman–Crippen LogP) is 3.22. The lowest BCUT2D eigenvalue weighted by Gasteiger charge is -2.08. The Morgan fingerprint density at radius 1 is 1.04 bits per heavy atom. The summed E-state index contributed by atoms with van der Waals surface area (Å²) in [5, 5.41) is 9.15. The van der Waals surface area contributed by atoms with Crippen LogP contribution in [0.4, 0.5) is 0 Å². The van der Waals surface area contributed by atoms with E-state index in [1.807, 2.05) is 13.1 Å². The zero-order valence-electron chi connectivity index (χ0n) is 13.8. The Labute approximate surface area is 136 Å². The van der Waals surface area contributed by atoms with Crippen LogP contribution in [0.25, 0.3) is 11.2 Å². The molecular formula is C19H23N3O. The molecule has 0 amide bonds. The van der Waals surface area contributed by atoms with E-state index in [0.29, 0.717) is 0 Å². The summed E-state index contributed by atoms with van der Waals surface area (Å²) in [6.07, 6.45) is 4.44. The van der Waals surface area contributed by atoms with Gasteiger partial charge in [0.25, 0.3) is 0 Å². The molecule has 23 heavy (non-hydrogen) atoms. The van der Waals surface area contributed by atoms with Crippen molar-refractivity contribution in [1.82, 2.24) is 14.5 Å². The molecule has 4 nitrogen and oxygen atoms in total. The van der Waals surface area contributed by atoms with Gasteiger partial charge in [0.1, 0.15) is 11.3 Å². The Kier molecular flexibility index (Phi) is 4.72. The van der Waals surface area contributed by atoms with Crippen LogP contribution in [0.2, 0.25) is 0 Å². The van der Waals surface area contributed by atoms with E-state index in [-0.39, 0.29) is 6.61 Å². The molecule has 120 valence electrons. The van der Waals surface area contributed by atoms with E-state index in [2.05, 4.69) is 46.8 Å². The maximum atomic E-state index is 9.15.